The van der Waals surface area contributed by atoms with E-state index >= 15 is 0 Å². The Morgan fingerprint density at radius 2 is 1.80 bits per heavy atom. The van der Waals surface area contributed by atoms with Gasteiger partial charge in [-0.3, -0.25) is 4.79 Å². The summed E-state index contributed by atoms with van der Waals surface area (Å²) in [6.07, 6.45) is 0.0693. The number of halogens is 1. The van der Waals surface area contributed by atoms with Crippen LogP contribution < -0.4 is 4.74 Å². The second-order valence-electron chi connectivity index (χ2n) is 7.06. The Balaban J connectivity index is 2.46. The van der Waals surface area contributed by atoms with E-state index in [2.05, 4.69) is 15.9 Å². The van der Waals surface area contributed by atoms with Crippen molar-refractivity contribution in [2.45, 2.75) is 51.1 Å². The van der Waals surface area contributed by atoms with Gasteiger partial charge in [-0.15, -0.1) is 0 Å². The number of aromatic hydroxyl groups is 1. The predicted octanol–water partition coefficient (Wildman–Crippen LogP) is 3.44. The molecule has 0 saturated carbocycles. The molecule has 1 aliphatic rings. The number of hydrogen-bond donors (Lipinski definition) is 1. The van der Waals surface area contributed by atoms with Gasteiger partial charge in [0.15, 0.2) is 11.5 Å². The van der Waals surface area contributed by atoms with Crippen molar-refractivity contribution in [3.05, 3.63) is 22.2 Å². The Morgan fingerprint density at radius 3 is 2.28 bits per heavy atom. The van der Waals surface area contributed by atoms with Crippen LogP contribution in [0.5, 0.6) is 11.5 Å². The maximum absolute atomic E-state index is 12.0. The van der Waals surface area contributed by atoms with Gasteiger partial charge in [0, 0.05) is 10.3 Å². The molecule has 0 aromatic heterocycles. The van der Waals surface area contributed by atoms with E-state index in [1.54, 1.807) is 6.07 Å². The predicted molar refractivity (Wildman–Crippen MR) is 97.8 cm³/mol. The summed E-state index contributed by atoms with van der Waals surface area (Å²) in [6.45, 7) is 7.81. The summed E-state index contributed by atoms with van der Waals surface area (Å²) in [6, 6.07) is 3.21. The number of carbonyl (C=O) groups is 1. The van der Waals surface area contributed by atoms with Crippen molar-refractivity contribution in [2.75, 3.05) is 14.2 Å². The van der Waals surface area contributed by atoms with Gasteiger partial charge in [0.2, 0.25) is 0 Å². The van der Waals surface area contributed by atoms with Crippen LogP contribution >= 0.6 is 15.9 Å². The normalized spacial score (nSPS) is 19.6. The molecule has 8 heteroatoms. The molecule has 0 spiro atoms. The van der Waals surface area contributed by atoms with E-state index in [1.165, 1.54) is 20.3 Å². The fourth-order valence-electron chi connectivity index (χ4n) is 2.67. The zero-order valence-electron chi connectivity index (χ0n) is 15.4. The molecule has 0 aliphatic carbocycles. The van der Waals surface area contributed by atoms with Crippen LogP contribution in [-0.4, -0.2) is 43.6 Å². The number of phenolic OH excluding ortho intramolecular Hbond substituents is 1. The summed E-state index contributed by atoms with van der Waals surface area (Å²) < 4.78 is 22.9. The van der Waals surface area contributed by atoms with Gasteiger partial charge in [0.05, 0.1) is 31.8 Å². The Labute approximate surface area is 157 Å². The van der Waals surface area contributed by atoms with Crippen LogP contribution in [0, 0.1) is 0 Å². The average molecular weight is 415 g/mol. The number of esters is 1. The molecular weight excluding hydrogens is 391 g/mol. The lowest BCUT2D eigenvalue weighted by Gasteiger charge is -2.32. The number of hydrogen-bond acceptors (Lipinski definition) is 6. The minimum absolute atomic E-state index is 0.00358. The lowest BCUT2D eigenvalue weighted by Crippen LogP contribution is -2.41. The number of phenols is 1. The quantitative estimate of drug-likeness (QED) is 0.587. The summed E-state index contributed by atoms with van der Waals surface area (Å²) in [5.74, 6) is -0.496. The van der Waals surface area contributed by atoms with Gasteiger partial charge in [-0.05, 0) is 45.4 Å². The smallest absolute Gasteiger partial charge is 0.466 e. The highest BCUT2D eigenvalue weighted by Crippen LogP contribution is 2.44. The van der Waals surface area contributed by atoms with Crippen LogP contribution in [0.25, 0.3) is 0 Å². The Bertz CT molecular complexity index is 645. The summed E-state index contributed by atoms with van der Waals surface area (Å²) in [4.78, 5) is 12.0. The molecule has 1 aliphatic heterocycles. The van der Waals surface area contributed by atoms with Crippen molar-refractivity contribution < 1.29 is 28.7 Å². The van der Waals surface area contributed by atoms with Crippen LogP contribution in [0.3, 0.4) is 0 Å². The number of carbonyl (C=O) groups excluding carboxylic acids is 1. The van der Waals surface area contributed by atoms with Gasteiger partial charge in [0.1, 0.15) is 0 Å². The summed E-state index contributed by atoms with van der Waals surface area (Å²) >= 11 is 3.45. The van der Waals surface area contributed by atoms with Crippen molar-refractivity contribution in [3.8, 4) is 11.5 Å². The first-order valence-corrected chi connectivity index (χ1v) is 8.80. The highest BCUT2D eigenvalue weighted by molar-refractivity contribution is 9.10. The van der Waals surface area contributed by atoms with Gasteiger partial charge >= 0.3 is 13.1 Å². The van der Waals surface area contributed by atoms with Gasteiger partial charge in [-0.25, -0.2) is 0 Å². The fraction of sp³-hybridized carbons (Fsp3) is 0.588. The first-order valence-electron chi connectivity index (χ1n) is 8.01. The van der Waals surface area contributed by atoms with Crippen molar-refractivity contribution in [1.29, 1.82) is 0 Å². The van der Waals surface area contributed by atoms with Gasteiger partial charge in [-0.1, -0.05) is 15.9 Å². The van der Waals surface area contributed by atoms with Crippen LogP contribution in [0.2, 0.25) is 0 Å². The lowest BCUT2D eigenvalue weighted by molar-refractivity contribution is -0.140. The zero-order chi connectivity index (χ0) is 19.0. The molecule has 1 unspecified atom stereocenters. The maximum Gasteiger partial charge on any atom is 0.466 e. The third-order valence-electron chi connectivity index (χ3n) is 4.91. The Hall–Kier alpha value is -1.25. The average Bonchev–Trinajstić information content (AvgIpc) is 2.73. The highest BCUT2D eigenvalue weighted by atomic mass is 79.9. The molecule has 1 aromatic carbocycles. The zero-order valence-corrected chi connectivity index (χ0v) is 17.0. The van der Waals surface area contributed by atoms with Crippen LogP contribution in [0.1, 0.15) is 45.5 Å². The molecule has 0 radical (unpaired) electrons. The van der Waals surface area contributed by atoms with E-state index in [-0.39, 0.29) is 18.1 Å². The largest absolute Gasteiger partial charge is 0.504 e. The summed E-state index contributed by atoms with van der Waals surface area (Å²) in [7, 11) is 2.17. The number of benzene rings is 1. The Kier molecular flexibility index (Phi) is 5.76. The maximum atomic E-state index is 12.0. The first kappa shape index (κ1) is 20.1. The summed E-state index contributed by atoms with van der Waals surface area (Å²) in [5.41, 5.74) is -0.322. The molecular formula is C17H24BBrO6. The SMILES string of the molecule is COC(=O)CC(B1OC(C)(C)C(C)(C)O1)c1cc(OC)c(O)cc1Br. The van der Waals surface area contributed by atoms with E-state index in [4.69, 9.17) is 18.8 Å². The molecule has 6 nitrogen and oxygen atoms in total. The summed E-state index contributed by atoms with van der Waals surface area (Å²) in [5, 5.41) is 9.95. The van der Waals surface area contributed by atoms with Crippen molar-refractivity contribution in [2.24, 2.45) is 0 Å². The van der Waals surface area contributed by atoms with E-state index in [1.807, 2.05) is 27.7 Å². The van der Waals surface area contributed by atoms with Crippen molar-refractivity contribution in [1.82, 2.24) is 0 Å². The van der Waals surface area contributed by atoms with E-state index in [0.717, 1.165) is 5.56 Å². The first-order chi connectivity index (χ1) is 11.5. The number of rotatable bonds is 5. The molecule has 1 saturated heterocycles. The Morgan fingerprint density at radius 1 is 1.24 bits per heavy atom. The number of methoxy groups -OCH3 is 2. The minimum Gasteiger partial charge on any atom is -0.504 e. The molecule has 138 valence electrons. The standard InChI is InChI=1S/C17H24BBrO6/c1-16(2)17(3,4)25-18(24-16)11(8-15(21)23-6)10-7-14(22-5)13(20)9-12(10)19/h7,9,11,20H,8H2,1-6H3. The molecule has 1 atom stereocenters. The van der Waals surface area contributed by atoms with E-state index < -0.39 is 24.1 Å². The van der Waals surface area contributed by atoms with Gasteiger partial charge in [-0.2, -0.15) is 0 Å². The fourth-order valence-corrected chi connectivity index (χ4v) is 3.30. The molecule has 0 amide bonds. The van der Waals surface area contributed by atoms with Crippen molar-refractivity contribution >= 4 is 29.0 Å². The van der Waals surface area contributed by atoms with Gasteiger partial charge < -0.3 is 23.9 Å². The van der Waals surface area contributed by atoms with Crippen molar-refractivity contribution in [3.63, 3.8) is 0 Å². The number of ether oxygens (including phenoxy) is 2. The molecule has 0 bridgehead atoms. The third kappa shape index (κ3) is 3.96. The second kappa shape index (κ2) is 7.17. The highest BCUT2D eigenvalue weighted by Gasteiger charge is 2.54. The third-order valence-corrected chi connectivity index (χ3v) is 5.60. The molecule has 25 heavy (non-hydrogen) atoms. The van der Waals surface area contributed by atoms with E-state index in [9.17, 15) is 9.90 Å². The molecule has 1 heterocycles. The lowest BCUT2D eigenvalue weighted by atomic mass is 9.66. The molecule has 1 fully saturated rings. The van der Waals surface area contributed by atoms with Crippen LogP contribution in [-0.2, 0) is 18.8 Å². The molecule has 1 N–H and O–H groups in total. The molecule has 2 rings (SSSR count). The second-order valence-corrected chi connectivity index (χ2v) is 7.91. The monoisotopic (exact) mass is 414 g/mol. The topological polar surface area (TPSA) is 74.2 Å². The van der Waals surface area contributed by atoms with Gasteiger partial charge in [0.25, 0.3) is 0 Å². The minimum atomic E-state index is -0.644. The van der Waals surface area contributed by atoms with E-state index in [0.29, 0.717) is 10.2 Å². The molecule has 1 aromatic rings. The van der Waals surface area contributed by atoms with Crippen LogP contribution in [0.15, 0.2) is 16.6 Å². The van der Waals surface area contributed by atoms with Crippen LogP contribution in [0.4, 0.5) is 0 Å².